The van der Waals surface area contributed by atoms with Crippen LogP contribution in [0.3, 0.4) is 0 Å². The summed E-state index contributed by atoms with van der Waals surface area (Å²) in [6.45, 7) is 1.04. The van der Waals surface area contributed by atoms with Gasteiger partial charge in [-0.15, -0.1) is 0 Å². The number of hydrogen-bond acceptors (Lipinski definition) is 6. The SMILES string of the molecule is COc1ccc(C2=CN3C(=O)c4cc(OC)c(CCN)cc4N(COCCS(C)(C)C)C(=O)C3C2)cc1. The van der Waals surface area contributed by atoms with E-state index in [0.29, 0.717) is 43.0 Å². The van der Waals surface area contributed by atoms with Crippen LogP contribution in [0.4, 0.5) is 5.69 Å². The Morgan fingerprint density at radius 2 is 1.78 bits per heavy atom. The van der Waals surface area contributed by atoms with Gasteiger partial charge in [0.1, 0.15) is 24.3 Å². The minimum atomic E-state index is -0.736. The maximum atomic E-state index is 14.0. The van der Waals surface area contributed by atoms with Gasteiger partial charge in [0.2, 0.25) is 0 Å². The Morgan fingerprint density at radius 1 is 1.05 bits per heavy atom. The first-order valence-corrected chi connectivity index (χ1v) is 15.3. The minimum Gasteiger partial charge on any atom is -0.497 e. The standard InChI is InChI=1S/C28H37N3O5S/c1-34-22-8-6-19(7-9-22)21-15-25-28(33)31(18-36-12-13-37(3,4)5)24-14-20(10-11-29)26(35-2)16-23(24)27(32)30(25)17-21/h6-9,14,16-17,25H,10-13,15,18,29H2,1-5H3. The van der Waals surface area contributed by atoms with Crippen molar-refractivity contribution in [3.8, 4) is 11.5 Å². The highest BCUT2D eigenvalue weighted by Gasteiger charge is 2.43. The third kappa shape index (κ3) is 5.79. The Bertz CT molecular complexity index is 1190. The van der Waals surface area contributed by atoms with Crippen molar-refractivity contribution in [2.24, 2.45) is 5.73 Å². The second kappa shape index (κ2) is 11.2. The van der Waals surface area contributed by atoms with Crippen LogP contribution in [0.25, 0.3) is 5.57 Å². The average molecular weight is 528 g/mol. The third-order valence-electron chi connectivity index (χ3n) is 6.68. The monoisotopic (exact) mass is 527 g/mol. The van der Waals surface area contributed by atoms with Crippen LogP contribution in [0, 0.1) is 0 Å². The first-order chi connectivity index (χ1) is 17.7. The molecule has 0 bridgehead atoms. The van der Waals surface area contributed by atoms with Crippen LogP contribution in [-0.4, -0.2) is 81.4 Å². The molecule has 2 aromatic rings. The highest BCUT2D eigenvalue weighted by molar-refractivity contribution is 8.32. The summed E-state index contributed by atoms with van der Waals surface area (Å²) in [4.78, 5) is 31.0. The molecule has 0 saturated heterocycles. The predicted molar refractivity (Wildman–Crippen MR) is 150 cm³/mol. The molecule has 2 heterocycles. The number of carbonyl (C=O) groups is 2. The van der Waals surface area contributed by atoms with E-state index in [-0.39, 0.29) is 18.5 Å². The first kappa shape index (κ1) is 27.0. The Morgan fingerprint density at radius 3 is 2.41 bits per heavy atom. The van der Waals surface area contributed by atoms with Gasteiger partial charge in [-0.2, -0.15) is 0 Å². The van der Waals surface area contributed by atoms with Crippen molar-refractivity contribution in [3.05, 3.63) is 59.3 Å². The van der Waals surface area contributed by atoms with E-state index in [2.05, 4.69) is 18.8 Å². The van der Waals surface area contributed by atoms with Gasteiger partial charge in [-0.25, -0.2) is 10.0 Å². The molecule has 9 heteroatoms. The van der Waals surface area contributed by atoms with Gasteiger partial charge in [0.25, 0.3) is 11.8 Å². The summed E-state index contributed by atoms with van der Waals surface area (Å²) in [5.41, 5.74) is 9.50. The third-order valence-corrected chi connectivity index (χ3v) is 8.08. The molecule has 0 fully saturated rings. The van der Waals surface area contributed by atoms with Gasteiger partial charge in [-0.3, -0.25) is 14.5 Å². The van der Waals surface area contributed by atoms with Crippen LogP contribution < -0.4 is 20.1 Å². The quantitative estimate of drug-likeness (QED) is 0.476. The number of carbonyl (C=O) groups excluding carboxylic acids is 2. The number of methoxy groups -OCH3 is 2. The van der Waals surface area contributed by atoms with Gasteiger partial charge in [0.05, 0.1) is 32.1 Å². The number of fused-ring (bicyclic) bond motifs is 2. The lowest BCUT2D eigenvalue weighted by Crippen LogP contribution is -2.45. The van der Waals surface area contributed by atoms with E-state index in [1.54, 1.807) is 36.3 Å². The number of amides is 2. The Balaban J connectivity index is 1.72. The molecular weight excluding hydrogens is 490 g/mol. The minimum absolute atomic E-state index is 0.0746. The van der Waals surface area contributed by atoms with Crippen molar-refractivity contribution in [1.82, 2.24) is 4.90 Å². The molecular formula is C28H37N3O5S. The Kier molecular flexibility index (Phi) is 8.16. The zero-order chi connectivity index (χ0) is 26.7. The van der Waals surface area contributed by atoms with Gasteiger partial charge in [-0.05, 0) is 72.7 Å². The van der Waals surface area contributed by atoms with Crippen molar-refractivity contribution < 1.29 is 23.8 Å². The van der Waals surface area contributed by atoms with E-state index in [4.69, 9.17) is 19.9 Å². The number of ether oxygens (including phenoxy) is 3. The van der Waals surface area contributed by atoms with Crippen LogP contribution in [0.1, 0.15) is 27.9 Å². The Hall–Kier alpha value is -3.01. The van der Waals surface area contributed by atoms with Gasteiger partial charge in [-0.1, -0.05) is 12.1 Å². The van der Waals surface area contributed by atoms with Gasteiger partial charge in [0, 0.05) is 18.4 Å². The molecule has 2 aliphatic heterocycles. The molecule has 0 saturated carbocycles. The van der Waals surface area contributed by atoms with Crippen LogP contribution in [-0.2, 0) is 16.0 Å². The summed E-state index contributed by atoms with van der Waals surface area (Å²) in [6.07, 6.45) is 9.47. The van der Waals surface area contributed by atoms with Gasteiger partial charge < -0.3 is 24.8 Å². The average Bonchev–Trinajstić information content (AvgIpc) is 3.30. The number of nitrogens with two attached hydrogens (primary N) is 1. The molecule has 37 heavy (non-hydrogen) atoms. The second-order valence-electron chi connectivity index (χ2n) is 10.1. The highest BCUT2D eigenvalue weighted by atomic mass is 32.3. The van der Waals surface area contributed by atoms with E-state index in [9.17, 15) is 9.59 Å². The summed E-state index contributed by atoms with van der Waals surface area (Å²) in [5.74, 6) is 1.86. The van der Waals surface area contributed by atoms with E-state index < -0.39 is 16.1 Å². The normalized spacial score (nSPS) is 17.8. The molecule has 2 aliphatic rings. The van der Waals surface area contributed by atoms with Crippen LogP contribution >= 0.6 is 10.0 Å². The molecule has 0 radical (unpaired) electrons. The molecule has 2 aromatic carbocycles. The number of hydrogen-bond donors (Lipinski definition) is 1. The Labute approximate surface area is 220 Å². The second-order valence-corrected chi connectivity index (χ2v) is 14.7. The molecule has 2 N–H and O–H groups in total. The number of anilines is 1. The molecule has 0 spiro atoms. The molecule has 0 aromatic heterocycles. The topological polar surface area (TPSA) is 94.3 Å². The maximum absolute atomic E-state index is 14.0. The lowest BCUT2D eigenvalue weighted by molar-refractivity contribution is -0.122. The molecule has 1 atom stereocenters. The number of benzene rings is 2. The first-order valence-electron chi connectivity index (χ1n) is 12.3. The molecule has 4 rings (SSSR count). The smallest absolute Gasteiger partial charge is 0.260 e. The molecule has 8 nitrogen and oxygen atoms in total. The summed E-state index contributed by atoms with van der Waals surface area (Å²) in [6, 6.07) is 10.6. The van der Waals surface area contributed by atoms with Crippen LogP contribution in [0.15, 0.2) is 42.6 Å². The number of nitrogens with zero attached hydrogens (tertiary/aromatic N) is 2. The van der Waals surface area contributed by atoms with Crippen molar-refractivity contribution in [2.45, 2.75) is 18.9 Å². The van der Waals surface area contributed by atoms with Crippen LogP contribution in [0.2, 0.25) is 0 Å². The van der Waals surface area contributed by atoms with Crippen molar-refractivity contribution in [1.29, 1.82) is 0 Å². The van der Waals surface area contributed by atoms with Gasteiger partial charge >= 0.3 is 0 Å². The van der Waals surface area contributed by atoms with E-state index >= 15 is 0 Å². The zero-order valence-corrected chi connectivity index (χ0v) is 23.1. The van der Waals surface area contributed by atoms with E-state index in [0.717, 1.165) is 28.2 Å². The molecule has 0 aliphatic carbocycles. The lowest BCUT2D eigenvalue weighted by Gasteiger charge is -2.28. The van der Waals surface area contributed by atoms with E-state index in [1.807, 2.05) is 30.3 Å². The number of rotatable bonds is 10. The fourth-order valence-electron chi connectivity index (χ4n) is 4.60. The fourth-order valence-corrected chi connectivity index (χ4v) is 5.22. The van der Waals surface area contributed by atoms with Crippen molar-refractivity contribution in [3.63, 3.8) is 0 Å². The summed E-state index contributed by atoms with van der Waals surface area (Å²) < 4.78 is 16.9. The summed E-state index contributed by atoms with van der Waals surface area (Å²) in [7, 11) is 2.46. The molecule has 200 valence electrons. The molecule has 2 amide bonds. The van der Waals surface area contributed by atoms with E-state index in [1.165, 1.54) is 0 Å². The summed E-state index contributed by atoms with van der Waals surface area (Å²) in [5, 5.41) is 0. The van der Waals surface area contributed by atoms with Gasteiger partial charge in [0.15, 0.2) is 0 Å². The zero-order valence-electron chi connectivity index (χ0n) is 22.3. The summed E-state index contributed by atoms with van der Waals surface area (Å²) >= 11 is 0. The lowest BCUT2D eigenvalue weighted by atomic mass is 10.0. The van der Waals surface area contributed by atoms with Crippen LogP contribution in [0.5, 0.6) is 11.5 Å². The molecule has 1 unspecified atom stereocenters. The maximum Gasteiger partial charge on any atom is 0.260 e. The predicted octanol–water partition coefficient (Wildman–Crippen LogP) is 3.48. The van der Waals surface area contributed by atoms with Crippen molar-refractivity contribution >= 4 is 33.1 Å². The van der Waals surface area contributed by atoms with Crippen molar-refractivity contribution in [2.75, 3.05) is 63.5 Å². The highest BCUT2D eigenvalue weighted by Crippen LogP contribution is 2.40. The fraction of sp³-hybridized carbons (Fsp3) is 0.429. The largest absolute Gasteiger partial charge is 0.497 e.